The average Bonchev–Trinajstić information content (AvgIpc) is 3.01. The van der Waals surface area contributed by atoms with Crippen LogP contribution in [0.4, 0.5) is 0 Å². The van der Waals surface area contributed by atoms with E-state index < -0.39 is 12.1 Å². The number of ketones is 1. The predicted octanol–water partition coefficient (Wildman–Crippen LogP) is 10.4. The standard InChI is InChI=1S/C37H53BrO5/c1-2-3-4-5-6-7-8-12-18-23-34(29-37(41)42-30-35(39)32-25-27-33(38)28-26-32)43-36(40)24-19-13-10-9-11-15-20-31-21-16-14-17-22-31/h14,16-17,21-22,25-28,34H,2-13,15,18-20,23-24,29-30H2,1H3/t34-/m1/s1. The Morgan fingerprint density at radius 1 is 0.674 bits per heavy atom. The van der Waals surface area contributed by atoms with Crippen molar-refractivity contribution in [3.05, 3.63) is 70.2 Å². The second-order valence-electron chi connectivity index (χ2n) is 11.6. The van der Waals surface area contributed by atoms with Crippen molar-refractivity contribution in [1.82, 2.24) is 0 Å². The zero-order chi connectivity index (χ0) is 31.0. The molecule has 43 heavy (non-hydrogen) atoms. The van der Waals surface area contributed by atoms with Crippen LogP contribution >= 0.6 is 15.9 Å². The Hall–Kier alpha value is -2.47. The number of Topliss-reactive ketones (excluding diaryl/α,β-unsaturated/α-hetero) is 1. The van der Waals surface area contributed by atoms with Crippen LogP contribution < -0.4 is 0 Å². The molecular weight excluding hydrogens is 604 g/mol. The quantitative estimate of drug-likeness (QED) is 0.0604. The second-order valence-corrected chi connectivity index (χ2v) is 12.5. The van der Waals surface area contributed by atoms with Gasteiger partial charge in [-0.15, -0.1) is 0 Å². The first-order valence-electron chi connectivity index (χ1n) is 16.7. The van der Waals surface area contributed by atoms with Gasteiger partial charge in [-0.3, -0.25) is 14.4 Å². The highest BCUT2D eigenvalue weighted by molar-refractivity contribution is 9.10. The van der Waals surface area contributed by atoms with Gasteiger partial charge in [0.1, 0.15) is 6.10 Å². The Morgan fingerprint density at radius 2 is 1.26 bits per heavy atom. The highest BCUT2D eigenvalue weighted by Crippen LogP contribution is 2.17. The average molecular weight is 658 g/mol. The first kappa shape index (κ1) is 36.7. The van der Waals surface area contributed by atoms with Gasteiger partial charge in [0.25, 0.3) is 0 Å². The minimum Gasteiger partial charge on any atom is -0.462 e. The molecule has 0 bridgehead atoms. The van der Waals surface area contributed by atoms with Crippen molar-refractivity contribution in [2.24, 2.45) is 0 Å². The number of halogens is 1. The Bertz CT molecular complexity index is 1020. The molecule has 0 fully saturated rings. The van der Waals surface area contributed by atoms with Crippen molar-refractivity contribution in [2.45, 2.75) is 135 Å². The van der Waals surface area contributed by atoms with Crippen molar-refractivity contribution in [3.8, 4) is 0 Å². The number of carbonyl (C=O) groups is 3. The molecule has 238 valence electrons. The van der Waals surface area contributed by atoms with E-state index in [9.17, 15) is 14.4 Å². The summed E-state index contributed by atoms with van der Waals surface area (Å²) in [6.07, 6.45) is 18.9. The molecule has 0 aliphatic heterocycles. The molecule has 2 aromatic carbocycles. The molecule has 1 atom stereocenters. The second kappa shape index (κ2) is 23.9. The van der Waals surface area contributed by atoms with E-state index >= 15 is 0 Å². The molecule has 0 unspecified atom stereocenters. The predicted molar refractivity (Wildman–Crippen MR) is 178 cm³/mol. The molecule has 0 heterocycles. The minimum atomic E-state index is -0.509. The fourth-order valence-electron chi connectivity index (χ4n) is 5.19. The lowest BCUT2D eigenvalue weighted by molar-refractivity contribution is -0.155. The number of carbonyl (C=O) groups excluding carboxylic acids is 3. The Morgan fingerprint density at radius 3 is 1.91 bits per heavy atom. The molecule has 6 heteroatoms. The molecule has 0 aliphatic carbocycles. The monoisotopic (exact) mass is 656 g/mol. The number of unbranched alkanes of at least 4 members (excludes halogenated alkanes) is 13. The van der Waals surface area contributed by atoms with E-state index in [0.717, 1.165) is 49.4 Å². The smallest absolute Gasteiger partial charge is 0.310 e. The van der Waals surface area contributed by atoms with Gasteiger partial charge in [0, 0.05) is 16.5 Å². The van der Waals surface area contributed by atoms with E-state index in [1.54, 1.807) is 24.3 Å². The summed E-state index contributed by atoms with van der Waals surface area (Å²) in [6.45, 7) is 1.92. The maximum atomic E-state index is 12.6. The number of hydrogen-bond donors (Lipinski definition) is 0. The first-order valence-corrected chi connectivity index (χ1v) is 17.4. The summed E-state index contributed by atoms with van der Waals surface area (Å²) < 4.78 is 11.9. The van der Waals surface area contributed by atoms with Crippen molar-refractivity contribution in [2.75, 3.05) is 6.61 Å². The van der Waals surface area contributed by atoms with Gasteiger partial charge in [0.15, 0.2) is 12.4 Å². The molecule has 0 saturated heterocycles. The van der Waals surface area contributed by atoms with E-state index in [-0.39, 0.29) is 24.8 Å². The summed E-state index contributed by atoms with van der Waals surface area (Å²) in [5.41, 5.74) is 1.88. The van der Waals surface area contributed by atoms with E-state index in [1.807, 2.05) is 6.07 Å². The largest absolute Gasteiger partial charge is 0.462 e. The number of aryl methyl sites for hydroxylation is 1. The molecule has 2 rings (SSSR count). The van der Waals surface area contributed by atoms with Crippen LogP contribution in [0.1, 0.15) is 138 Å². The molecule has 0 radical (unpaired) electrons. The van der Waals surface area contributed by atoms with Gasteiger partial charge in [-0.2, -0.15) is 0 Å². The summed E-state index contributed by atoms with van der Waals surface area (Å²) in [5, 5.41) is 0. The summed E-state index contributed by atoms with van der Waals surface area (Å²) in [6, 6.07) is 17.5. The number of hydrogen-bond acceptors (Lipinski definition) is 5. The highest BCUT2D eigenvalue weighted by Gasteiger charge is 2.20. The Kier molecular flexibility index (Phi) is 20.4. The lowest BCUT2D eigenvalue weighted by Crippen LogP contribution is -2.24. The van der Waals surface area contributed by atoms with Crippen molar-refractivity contribution >= 4 is 33.7 Å². The maximum absolute atomic E-state index is 12.6. The number of rotatable bonds is 25. The SMILES string of the molecule is CCCCCCCCCCC[C@H](CC(=O)OCC(=O)c1ccc(Br)cc1)OC(=O)CCCCCCCCc1ccccc1. The zero-order valence-electron chi connectivity index (χ0n) is 26.3. The van der Waals surface area contributed by atoms with Crippen LogP contribution in [0.3, 0.4) is 0 Å². The molecule has 0 spiro atoms. The lowest BCUT2D eigenvalue weighted by Gasteiger charge is -2.17. The summed E-state index contributed by atoms with van der Waals surface area (Å²) in [4.78, 5) is 37.6. The fourth-order valence-corrected chi connectivity index (χ4v) is 5.45. The molecule has 0 aromatic heterocycles. The van der Waals surface area contributed by atoms with Gasteiger partial charge < -0.3 is 9.47 Å². The van der Waals surface area contributed by atoms with Crippen LogP contribution in [0, 0.1) is 0 Å². The maximum Gasteiger partial charge on any atom is 0.310 e. The third-order valence-electron chi connectivity index (χ3n) is 7.79. The third kappa shape index (κ3) is 18.7. The molecular formula is C37H53BrO5. The van der Waals surface area contributed by atoms with Gasteiger partial charge in [-0.25, -0.2) is 0 Å². The zero-order valence-corrected chi connectivity index (χ0v) is 27.9. The number of benzene rings is 2. The van der Waals surface area contributed by atoms with Crippen LogP contribution in [0.25, 0.3) is 0 Å². The first-order chi connectivity index (χ1) is 21.0. The summed E-state index contributed by atoms with van der Waals surface area (Å²) >= 11 is 3.35. The van der Waals surface area contributed by atoms with Crippen molar-refractivity contribution in [3.63, 3.8) is 0 Å². The van der Waals surface area contributed by atoms with Crippen LogP contribution in [0.5, 0.6) is 0 Å². The van der Waals surface area contributed by atoms with Gasteiger partial charge >= 0.3 is 11.9 Å². The molecule has 0 N–H and O–H groups in total. The van der Waals surface area contributed by atoms with Gasteiger partial charge in [-0.1, -0.05) is 142 Å². The molecule has 0 saturated carbocycles. The molecule has 0 amide bonds. The van der Waals surface area contributed by atoms with Gasteiger partial charge in [0.05, 0.1) is 6.42 Å². The van der Waals surface area contributed by atoms with Crippen molar-refractivity contribution < 1.29 is 23.9 Å². The van der Waals surface area contributed by atoms with Crippen LogP contribution in [-0.2, 0) is 25.5 Å². The van der Waals surface area contributed by atoms with Gasteiger partial charge in [-0.05, 0) is 49.8 Å². The third-order valence-corrected chi connectivity index (χ3v) is 8.32. The van der Waals surface area contributed by atoms with E-state index in [4.69, 9.17) is 9.47 Å². The highest BCUT2D eigenvalue weighted by atomic mass is 79.9. The van der Waals surface area contributed by atoms with E-state index in [2.05, 4.69) is 47.1 Å². The molecule has 5 nitrogen and oxygen atoms in total. The van der Waals surface area contributed by atoms with Crippen LogP contribution in [0.2, 0.25) is 0 Å². The molecule has 0 aliphatic rings. The van der Waals surface area contributed by atoms with E-state index in [0.29, 0.717) is 18.4 Å². The normalized spacial score (nSPS) is 11.7. The van der Waals surface area contributed by atoms with E-state index in [1.165, 1.54) is 63.4 Å². The van der Waals surface area contributed by atoms with Crippen molar-refractivity contribution in [1.29, 1.82) is 0 Å². The van der Waals surface area contributed by atoms with Crippen LogP contribution in [0.15, 0.2) is 59.1 Å². The summed E-state index contributed by atoms with van der Waals surface area (Å²) in [7, 11) is 0. The van der Waals surface area contributed by atoms with Crippen LogP contribution in [-0.4, -0.2) is 30.4 Å². The molecule has 2 aromatic rings. The number of esters is 2. The Balaban J connectivity index is 1.67. The fraction of sp³-hybridized carbons (Fsp3) is 0.595. The lowest BCUT2D eigenvalue weighted by atomic mass is 10.0. The Labute approximate surface area is 268 Å². The minimum absolute atomic E-state index is 0.0161. The van der Waals surface area contributed by atoms with Gasteiger partial charge in [0.2, 0.25) is 0 Å². The topological polar surface area (TPSA) is 69.7 Å². The summed E-state index contributed by atoms with van der Waals surface area (Å²) in [5.74, 6) is -1.01. The number of ether oxygens (including phenoxy) is 2.